The smallest absolute Gasteiger partial charge is 0.0361 e. The lowest BCUT2D eigenvalue weighted by Gasteiger charge is -2.14. The lowest BCUT2D eigenvalue weighted by atomic mass is 9.90. The minimum Gasteiger partial charge on any atom is -0.135 e. The summed E-state index contributed by atoms with van der Waals surface area (Å²) in [6, 6.07) is 58.0. The summed E-state index contributed by atoms with van der Waals surface area (Å²) in [5.41, 5.74) is 11.0. The van der Waals surface area contributed by atoms with E-state index in [-0.39, 0.29) is 0 Å². The van der Waals surface area contributed by atoms with Crippen molar-refractivity contribution in [1.29, 1.82) is 0 Å². The van der Waals surface area contributed by atoms with Gasteiger partial charge in [0.25, 0.3) is 0 Å². The van der Waals surface area contributed by atoms with Crippen molar-refractivity contribution in [1.82, 2.24) is 0 Å². The van der Waals surface area contributed by atoms with Gasteiger partial charge in [0.15, 0.2) is 0 Å². The normalized spacial score (nSPS) is 12.2. The number of thiophene rings is 2. The Morgan fingerprint density at radius 1 is 0.388 bits per heavy atom. The summed E-state index contributed by atoms with van der Waals surface area (Å²) < 4.78 is 5.30. The first-order valence-corrected chi connectivity index (χ1v) is 18.3. The van der Waals surface area contributed by atoms with Gasteiger partial charge in [0.2, 0.25) is 0 Å². The molecule has 2 heterocycles. The fourth-order valence-corrected chi connectivity index (χ4v) is 9.17. The van der Waals surface area contributed by atoms with Crippen LogP contribution in [0.15, 0.2) is 176 Å². The molecule has 0 aliphatic rings. The lowest BCUT2D eigenvalue weighted by Crippen LogP contribution is -1.92. The molecule has 0 saturated heterocycles. The maximum Gasteiger partial charge on any atom is 0.0361 e. The zero-order chi connectivity index (χ0) is 32.7. The van der Waals surface area contributed by atoms with E-state index in [1.54, 1.807) is 0 Å². The minimum absolute atomic E-state index is 1.20. The first-order valence-electron chi connectivity index (χ1n) is 16.7. The third-order valence-corrected chi connectivity index (χ3v) is 11.7. The van der Waals surface area contributed by atoms with E-state index in [9.17, 15) is 0 Å². The molecule has 0 nitrogen and oxygen atoms in total. The highest BCUT2D eigenvalue weighted by atomic mass is 32.1. The van der Waals surface area contributed by atoms with Gasteiger partial charge in [-0.2, -0.15) is 0 Å². The van der Waals surface area contributed by atoms with Crippen molar-refractivity contribution in [3.05, 3.63) is 187 Å². The van der Waals surface area contributed by atoms with Crippen molar-refractivity contribution in [3.63, 3.8) is 0 Å². The molecule has 9 aromatic rings. The van der Waals surface area contributed by atoms with Crippen molar-refractivity contribution >= 4 is 68.6 Å². The summed E-state index contributed by atoms with van der Waals surface area (Å²) in [4.78, 5) is 0. The molecule has 0 aliphatic carbocycles. The van der Waals surface area contributed by atoms with Crippen molar-refractivity contribution in [3.8, 4) is 33.4 Å². The summed E-state index contributed by atoms with van der Waals surface area (Å²) in [6.07, 6.45) is 6.53. The molecule has 2 aromatic heterocycles. The van der Waals surface area contributed by atoms with Crippen LogP contribution >= 0.6 is 22.7 Å². The van der Waals surface area contributed by atoms with Crippen LogP contribution in [0.3, 0.4) is 0 Å². The van der Waals surface area contributed by atoms with Crippen LogP contribution in [0.2, 0.25) is 0 Å². The van der Waals surface area contributed by atoms with E-state index in [4.69, 9.17) is 0 Å². The fourth-order valence-electron chi connectivity index (χ4n) is 6.96. The highest BCUT2D eigenvalue weighted by Crippen LogP contribution is 2.41. The molecule has 0 fully saturated rings. The van der Waals surface area contributed by atoms with Gasteiger partial charge in [-0.3, -0.25) is 0 Å². The zero-order valence-electron chi connectivity index (χ0n) is 27.1. The zero-order valence-corrected chi connectivity index (χ0v) is 28.7. The first-order chi connectivity index (χ1) is 24.2. The molecule has 0 N–H and O–H groups in total. The Hall–Kier alpha value is -5.54. The second kappa shape index (κ2) is 12.5. The van der Waals surface area contributed by atoms with Gasteiger partial charge in [-0.1, -0.05) is 121 Å². The lowest BCUT2D eigenvalue weighted by molar-refractivity contribution is 1.53. The second-order valence-corrected chi connectivity index (χ2v) is 14.6. The molecule has 0 radical (unpaired) electrons. The molecular formula is C47H32S2. The van der Waals surface area contributed by atoms with Gasteiger partial charge in [0, 0.05) is 40.3 Å². The molecule has 232 valence electrons. The highest BCUT2D eigenvalue weighted by molar-refractivity contribution is 7.26. The second-order valence-electron chi connectivity index (χ2n) is 12.5. The molecule has 0 unspecified atom stereocenters. The summed E-state index contributed by atoms with van der Waals surface area (Å²) in [5.74, 6) is 0. The maximum atomic E-state index is 2.40. The van der Waals surface area contributed by atoms with Crippen LogP contribution in [-0.2, 0) is 0 Å². The van der Waals surface area contributed by atoms with E-state index < -0.39 is 0 Å². The van der Waals surface area contributed by atoms with Gasteiger partial charge in [-0.25, -0.2) is 0 Å². The number of rotatable bonds is 6. The predicted molar refractivity (Wildman–Crippen MR) is 217 cm³/mol. The molecule has 0 atom stereocenters. The Bertz CT molecular complexity index is 2650. The van der Waals surface area contributed by atoms with Gasteiger partial charge in [0.05, 0.1) is 0 Å². The molecule has 0 saturated carbocycles. The number of hydrogen-bond acceptors (Lipinski definition) is 2. The average molecular weight is 661 g/mol. The van der Waals surface area contributed by atoms with Crippen molar-refractivity contribution in [2.75, 3.05) is 0 Å². The maximum absolute atomic E-state index is 2.40. The van der Waals surface area contributed by atoms with Crippen molar-refractivity contribution in [2.24, 2.45) is 0 Å². The van der Waals surface area contributed by atoms with Gasteiger partial charge in [0.1, 0.15) is 0 Å². The average Bonchev–Trinajstić information content (AvgIpc) is 3.73. The molecule has 7 aromatic carbocycles. The molecule has 0 spiro atoms. The quantitative estimate of drug-likeness (QED) is 0.156. The third-order valence-electron chi connectivity index (χ3n) is 9.41. The van der Waals surface area contributed by atoms with E-state index in [1.807, 2.05) is 22.7 Å². The molecular weight excluding hydrogens is 629 g/mol. The van der Waals surface area contributed by atoms with Gasteiger partial charge < -0.3 is 0 Å². The predicted octanol–water partition coefficient (Wildman–Crippen LogP) is 14.4. The van der Waals surface area contributed by atoms with Gasteiger partial charge >= 0.3 is 0 Å². The Balaban J connectivity index is 1.18. The van der Waals surface area contributed by atoms with E-state index >= 15 is 0 Å². The Morgan fingerprint density at radius 3 is 1.69 bits per heavy atom. The van der Waals surface area contributed by atoms with E-state index in [2.05, 4.69) is 183 Å². The Kier molecular flexibility index (Phi) is 7.54. The Morgan fingerprint density at radius 2 is 0.959 bits per heavy atom. The monoisotopic (exact) mass is 660 g/mol. The standard InChI is InChI=1S/C47H32S2/c1-2-3-16-39(38-26-36(31-12-6-4-7-13-31)25-37(27-38)32-14-8-5-9-15-32)35-21-24-46-43(29-35)42-28-33(20-23-45(42)48-46)34-19-22-41-40-17-10-11-18-44(40)49-47(41)30-34/h2-30H,1H3/b3-2-,39-16?. The Labute approximate surface area is 294 Å². The first kappa shape index (κ1) is 29.6. The van der Waals surface area contributed by atoms with Crippen LogP contribution in [0, 0.1) is 0 Å². The number of benzene rings is 7. The SMILES string of the molecule is C/C=C\C=C(c1cc(-c2ccccc2)cc(-c2ccccc2)c1)c1ccc2sc3ccc(-c4ccc5c(c4)sc4ccccc45)cc3c2c1. The topological polar surface area (TPSA) is 0 Å². The molecule has 0 amide bonds. The summed E-state index contributed by atoms with van der Waals surface area (Å²) in [7, 11) is 0. The van der Waals surface area contributed by atoms with Gasteiger partial charge in [-0.05, 0) is 112 Å². The molecule has 9 rings (SSSR count). The van der Waals surface area contributed by atoms with Crippen LogP contribution in [0.25, 0.3) is 79.3 Å². The fraction of sp³-hybridized carbons (Fsp3) is 0.0213. The summed E-state index contributed by atoms with van der Waals surface area (Å²) >= 11 is 3.75. The largest absolute Gasteiger partial charge is 0.135 e. The van der Waals surface area contributed by atoms with Crippen molar-refractivity contribution in [2.45, 2.75) is 6.92 Å². The number of fused-ring (bicyclic) bond motifs is 6. The minimum atomic E-state index is 1.20. The van der Waals surface area contributed by atoms with E-state index in [1.165, 1.54) is 90.4 Å². The summed E-state index contributed by atoms with van der Waals surface area (Å²) in [6.45, 7) is 2.08. The summed E-state index contributed by atoms with van der Waals surface area (Å²) in [5, 5.41) is 5.29. The molecule has 0 bridgehead atoms. The molecule has 49 heavy (non-hydrogen) atoms. The van der Waals surface area contributed by atoms with Crippen LogP contribution < -0.4 is 0 Å². The van der Waals surface area contributed by atoms with Crippen LogP contribution in [0.1, 0.15) is 18.1 Å². The number of hydrogen-bond donors (Lipinski definition) is 0. The van der Waals surface area contributed by atoms with E-state index in [0.29, 0.717) is 0 Å². The van der Waals surface area contributed by atoms with Gasteiger partial charge in [-0.15, -0.1) is 22.7 Å². The molecule has 0 aliphatic heterocycles. The molecule has 2 heteroatoms. The van der Waals surface area contributed by atoms with E-state index in [0.717, 1.165) is 0 Å². The van der Waals surface area contributed by atoms with Crippen LogP contribution in [-0.4, -0.2) is 0 Å². The highest BCUT2D eigenvalue weighted by Gasteiger charge is 2.14. The van der Waals surface area contributed by atoms with Crippen LogP contribution in [0.4, 0.5) is 0 Å². The van der Waals surface area contributed by atoms with Crippen molar-refractivity contribution < 1.29 is 0 Å². The third kappa shape index (κ3) is 5.50. The van der Waals surface area contributed by atoms with Crippen LogP contribution in [0.5, 0.6) is 0 Å². The number of allylic oxidation sites excluding steroid dienone is 3.